The Morgan fingerprint density at radius 1 is 0.828 bits per heavy atom. The molecule has 0 fully saturated rings. The van der Waals surface area contributed by atoms with Crippen LogP contribution in [-0.4, -0.2) is 18.0 Å². The first-order valence-corrected chi connectivity index (χ1v) is 8.84. The van der Waals surface area contributed by atoms with Crippen molar-refractivity contribution in [3.63, 3.8) is 0 Å². The molecule has 0 radical (unpaired) electrons. The monoisotopic (exact) mass is 387 g/mol. The Hall–Kier alpha value is -4.06. The van der Waals surface area contributed by atoms with Gasteiger partial charge in [-0.1, -0.05) is 66.7 Å². The number of carbonyl (C=O) groups excluding carboxylic acids is 2. The molecule has 0 aliphatic carbocycles. The summed E-state index contributed by atoms with van der Waals surface area (Å²) in [5.41, 5.74) is 3.69. The molecule has 144 valence electrons. The van der Waals surface area contributed by atoms with E-state index in [4.69, 9.17) is 0 Å². The summed E-state index contributed by atoms with van der Waals surface area (Å²) in [7, 11) is 0. The Bertz CT molecular complexity index is 1050. The minimum Gasteiger partial charge on any atom is -0.317 e. The summed E-state index contributed by atoms with van der Waals surface area (Å²) in [5.74, 6) is -1.52. The van der Waals surface area contributed by atoms with Crippen molar-refractivity contribution in [3.05, 3.63) is 113 Å². The average molecular weight is 387 g/mol. The molecule has 2 N–H and O–H groups in total. The van der Waals surface area contributed by atoms with Gasteiger partial charge in [0, 0.05) is 11.1 Å². The maximum atomic E-state index is 13.6. The maximum Gasteiger partial charge on any atom is 0.287 e. The van der Waals surface area contributed by atoms with Crippen LogP contribution < -0.4 is 10.7 Å². The smallest absolute Gasteiger partial charge is 0.287 e. The molecule has 3 rings (SSSR count). The zero-order valence-electron chi connectivity index (χ0n) is 15.4. The number of halogens is 1. The van der Waals surface area contributed by atoms with Gasteiger partial charge < -0.3 is 5.32 Å². The molecule has 0 spiro atoms. The van der Waals surface area contributed by atoms with Crippen molar-refractivity contribution in [2.45, 2.75) is 0 Å². The van der Waals surface area contributed by atoms with E-state index in [-0.39, 0.29) is 11.3 Å². The Balaban J connectivity index is 1.79. The molecule has 0 saturated heterocycles. The molecule has 0 unspecified atom stereocenters. The molecule has 5 nitrogen and oxygen atoms in total. The predicted molar refractivity (Wildman–Crippen MR) is 110 cm³/mol. The van der Waals surface area contributed by atoms with E-state index in [1.54, 1.807) is 54.6 Å². The third-order valence-corrected chi connectivity index (χ3v) is 3.91. The van der Waals surface area contributed by atoms with Crippen molar-refractivity contribution < 1.29 is 14.0 Å². The topological polar surface area (TPSA) is 70.6 Å². The molecule has 0 atom stereocenters. The summed E-state index contributed by atoms with van der Waals surface area (Å²) in [6.07, 6.45) is 2.74. The van der Waals surface area contributed by atoms with E-state index >= 15 is 0 Å². The Morgan fingerprint density at radius 3 is 2.14 bits per heavy atom. The highest BCUT2D eigenvalue weighted by Crippen LogP contribution is 2.07. The van der Waals surface area contributed by atoms with Gasteiger partial charge in [-0.25, -0.2) is 9.82 Å². The van der Waals surface area contributed by atoms with Gasteiger partial charge in [-0.3, -0.25) is 9.59 Å². The molecule has 0 heterocycles. The highest BCUT2D eigenvalue weighted by atomic mass is 19.1. The summed E-state index contributed by atoms with van der Waals surface area (Å²) in [5, 5.41) is 6.39. The van der Waals surface area contributed by atoms with Crippen molar-refractivity contribution in [1.82, 2.24) is 10.7 Å². The second-order valence-electron chi connectivity index (χ2n) is 6.01. The molecule has 0 aromatic heterocycles. The van der Waals surface area contributed by atoms with Gasteiger partial charge in [0.05, 0.1) is 6.21 Å². The van der Waals surface area contributed by atoms with Crippen LogP contribution in [0.1, 0.15) is 21.5 Å². The van der Waals surface area contributed by atoms with Gasteiger partial charge in [0.15, 0.2) is 0 Å². The third kappa shape index (κ3) is 5.71. The normalized spacial score (nSPS) is 11.3. The van der Waals surface area contributed by atoms with Crippen LogP contribution in [0, 0.1) is 5.82 Å². The minimum atomic E-state index is -0.634. The van der Waals surface area contributed by atoms with Crippen LogP contribution in [0.5, 0.6) is 0 Å². The standard InChI is InChI=1S/C23H18FN3O2/c24-20-14-8-7-13-19(20)16-25-27-23(29)21(15-17-9-3-1-4-10-17)26-22(28)18-11-5-2-6-12-18/h1-16H,(H,26,28)(H,27,29)/b21-15+,25-16+. The van der Waals surface area contributed by atoms with Crippen LogP contribution in [0.3, 0.4) is 0 Å². The lowest BCUT2D eigenvalue weighted by atomic mass is 10.1. The van der Waals surface area contributed by atoms with Gasteiger partial charge in [0.2, 0.25) is 0 Å². The second kappa shape index (κ2) is 9.75. The van der Waals surface area contributed by atoms with Crippen LogP contribution in [0.2, 0.25) is 0 Å². The minimum absolute atomic E-state index is 0.00994. The molecule has 29 heavy (non-hydrogen) atoms. The molecule has 0 aliphatic heterocycles. The molecule has 3 aromatic rings. The second-order valence-corrected chi connectivity index (χ2v) is 6.01. The third-order valence-electron chi connectivity index (χ3n) is 3.91. The molecular formula is C23H18FN3O2. The van der Waals surface area contributed by atoms with Gasteiger partial charge in [-0.2, -0.15) is 5.10 Å². The van der Waals surface area contributed by atoms with E-state index in [9.17, 15) is 14.0 Å². The van der Waals surface area contributed by atoms with Crippen LogP contribution in [-0.2, 0) is 4.79 Å². The number of amides is 2. The average Bonchev–Trinajstić information content (AvgIpc) is 2.76. The molecule has 2 amide bonds. The lowest BCUT2D eigenvalue weighted by Gasteiger charge is -2.09. The van der Waals surface area contributed by atoms with E-state index in [1.807, 2.05) is 18.2 Å². The molecule has 3 aromatic carbocycles. The number of carbonyl (C=O) groups is 2. The number of hydrogen-bond acceptors (Lipinski definition) is 3. The van der Waals surface area contributed by atoms with E-state index in [2.05, 4.69) is 15.8 Å². The number of rotatable bonds is 6. The summed E-state index contributed by atoms with van der Waals surface area (Å²) >= 11 is 0. The van der Waals surface area contributed by atoms with Crippen LogP contribution in [0.15, 0.2) is 95.7 Å². The van der Waals surface area contributed by atoms with Crippen molar-refractivity contribution in [1.29, 1.82) is 0 Å². The molecule has 0 bridgehead atoms. The molecule has 0 saturated carbocycles. The first-order valence-electron chi connectivity index (χ1n) is 8.84. The van der Waals surface area contributed by atoms with Gasteiger partial charge in [0.25, 0.3) is 11.8 Å². The number of benzene rings is 3. The molecule has 6 heteroatoms. The van der Waals surface area contributed by atoms with Crippen molar-refractivity contribution in [2.75, 3.05) is 0 Å². The SMILES string of the molecule is O=C(N/N=C/c1ccccc1F)/C(=C\c1ccccc1)NC(=O)c1ccccc1. The highest BCUT2D eigenvalue weighted by Gasteiger charge is 2.14. The summed E-state index contributed by atoms with van der Waals surface area (Å²) in [4.78, 5) is 25.1. The molecule has 0 aliphatic rings. The predicted octanol–water partition coefficient (Wildman–Crippen LogP) is 3.75. The van der Waals surface area contributed by atoms with Gasteiger partial charge in [0.1, 0.15) is 11.5 Å². The Labute approximate surface area is 167 Å². The fourth-order valence-corrected chi connectivity index (χ4v) is 2.46. The number of hydrazone groups is 1. The summed E-state index contributed by atoms with van der Waals surface area (Å²) in [6, 6.07) is 23.7. The lowest BCUT2D eigenvalue weighted by molar-refractivity contribution is -0.117. The lowest BCUT2D eigenvalue weighted by Crippen LogP contribution is -2.32. The van der Waals surface area contributed by atoms with E-state index < -0.39 is 17.6 Å². The van der Waals surface area contributed by atoms with Crippen LogP contribution >= 0.6 is 0 Å². The molecular weight excluding hydrogens is 369 g/mol. The van der Waals surface area contributed by atoms with Crippen LogP contribution in [0.25, 0.3) is 6.08 Å². The van der Waals surface area contributed by atoms with E-state index in [0.717, 1.165) is 5.56 Å². The van der Waals surface area contributed by atoms with Gasteiger partial charge in [-0.05, 0) is 29.8 Å². The number of hydrogen-bond donors (Lipinski definition) is 2. The fourth-order valence-electron chi connectivity index (χ4n) is 2.46. The van der Waals surface area contributed by atoms with Crippen LogP contribution in [0.4, 0.5) is 4.39 Å². The summed E-state index contributed by atoms with van der Waals surface area (Å²) < 4.78 is 13.6. The number of nitrogens with zero attached hydrogens (tertiary/aromatic N) is 1. The highest BCUT2D eigenvalue weighted by molar-refractivity contribution is 6.05. The van der Waals surface area contributed by atoms with Gasteiger partial charge >= 0.3 is 0 Å². The zero-order valence-corrected chi connectivity index (χ0v) is 15.4. The fraction of sp³-hybridized carbons (Fsp3) is 0. The van der Waals surface area contributed by atoms with E-state index in [1.165, 1.54) is 24.4 Å². The zero-order chi connectivity index (χ0) is 20.5. The first-order chi connectivity index (χ1) is 14.1. The van der Waals surface area contributed by atoms with Crippen molar-refractivity contribution >= 4 is 24.1 Å². The Kier molecular flexibility index (Phi) is 6.62. The largest absolute Gasteiger partial charge is 0.317 e. The number of nitrogens with one attached hydrogen (secondary N) is 2. The Morgan fingerprint density at radius 2 is 1.45 bits per heavy atom. The van der Waals surface area contributed by atoms with Crippen molar-refractivity contribution in [2.24, 2.45) is 5.10 Å². The van der Waals surface area contributed by atoms with E-state index in [0.29, 0.717) is 5.56 Å². The first kappa shape index (κ1) is 19.7. The summed E-state index contributed by atoms with van der Waals surface area (Å²) in [6.45, 7) is 0. The van der Waals surface area contributed by atoms with Gasteiger partial charge in [-0.15, -0.1) is 0 Å². The quantitative estimate of drug-likeness (QED) is 0.384. The maximum absolute atomic E-state index is 13.6. The van der Waals surface area contributed by atoms with Crippen molar-refractivity contribution in [3.8, 4) is 0 Å².